The summed E-state index contributed by atoms with van der Waals surface area (Å²) in [5.41, 5.74) is 1.15. The van der Waals surface area contributed by atoms with Gasteiger partial charge in [-0.05, 0) is 12.8 Å². The third-order valence-corrected chi connectivity index (χ3v) is 3.01. The molecule has 0 aromatic rings. The standard InChI is InChI=1S/C13H22O2/c1-2-3-4-5-6-7-8-9-11-10-12(11)13(14)15/h10,12H,2-9H2,1H3,(H,14,15). The number of rotatable bonds is 9. The van der Waals surface area contributed by atoms with Crippen molar-refractivity contribution in [3.05, 3.63) is 11.6 Å². The van der Waals surface area contributed by atoms with E-state index in [0.29, 0.717) is 0 Å². The minimum absolute atomic E-state index is 0.204. The highest BCUT2D eigenvalue weighted by molar-refractivity contribution is 5.81. The Morgan fingerprint density at radius 2 is 1.80 bits per heavy atom. The number of aliphatic carboxylic acids is 1. The van der Waals surface area contributed by atoms with Gasteiger partial charge in [0.05, 0.1) is 5.92 Å². The summed E-state index contributed by atoms with van der Waals surface area (Å²) in [7, 11) is 0. The molecular formula is C13H22O2. The summed E-state index contributed by atoms with van der Waals surface area (Å²) in [5, 5.41) is 8.67. The quantitative estimate of drug-likeness (QED) is 0.464. The van der Waals surface area contributed by atoms with E-state index in [2.05, 4.69) is 6.92 Å². The zero-order chi connectivity index (χ0) is 11.1. The molecule has 0 saturated carbocycles. The molecule has 0 amide bonds. The molecule has 1 aliphatic rings. The molecule has 1 rings (SSSR count). The van der Waals surface area contributed by atoms with Gasteiger partial charge in [0.25, 0.3) is 0 Å². The van der Waals surface area contributed by atoms with Gasteiger partial charge in [-0.2, -0.15) is 0 Å². The van der Waals surface area contributed by atoms with Crippen molar-refractivity contribution in [3.63, 3.8) is 0 Å². The first kappa shape index (κ1) is 12.3. The topological polar surface area (TPSA) is 37.3 Å². The molecule has 1 aliphatic carbocycles. The van der Waals surface area contributed by atoms with Gasteiger partial charge in [0.1, 0.15) is 0 Å². The Morgan fingerprint density at radius 1 is 1.20 bits per heavy atom. The maximum atomic E-state index is 10.5. The number of hydrogen-bond acceptors (Lipinski definition) is 1. The summed E-state index contributed by atoms with van der Waals surface area (Å²) < 4.78 is 0. The van der Waals surface area contributed by atoms with Crippen LogP contribution >= 0.6 is 0 Å². The second-order valence-corrected chi connectivity index (χ2v) is 4.43. The molecule has 0 aromatic carbocycles. The molecule has 0 bridgehead atoms. The zero-order valence-corrected chi connectivity index (χ0v) is 9.67. The summed E-state index contributed by atoms with van der Waals surface area (Å²) >= 11 is 0. The predicted octanol–water partition coefficient (Wildman–Crippen LogP) is 3.77. The minimum atomic E-state index is -0.673. The molecule has 2 heteroatoms. The molecule has 0 aliphatic heterocycles. The van der Waals surface area contributed by atoms with Crippen LogP contribution in [0.15, 0.2) is 11.6 Å². The van der Waals surface area contributed by atoms with Crippen LogP contribution in [0.2, 0.25) is 0 Å². The molecule has 2 nitrogen and oxygen atoms in total. The van der Waals surface area contributed by atoms with Crippen LogP contribution in [-0.4, -0.2) is 11.1 Å². The Hall–Kier alpha value is -0.790. The summed E-state index contributed by atoms with van der Waals surface area (Å²) in [6.07, 6.45) is 12.0. The van der Waals surface area contributed by atoms with Crippen LogP contribution < -0.4 is 0 Å². The van der Waals surface area contributed by atoms with Crippen LogP contribution in [0.1, 0.15) is 58.3 Å². The van der Waals surface area contributed by atoms with Gasteiger partial charge in [0.15, 0.2) is 0 Å². The number of hydrogen-bond donors (Lipinski definition) is 1. The van der Waals surface area contributed by atoms with Crippen molar-refractivity contribution < 1.29 is 9.90 Å². The van der Waals surface area contributed by atoms with E-state index in [1.165, 1.54) is 44.9 Å². The highest BCUT2D eigenvalue weighted by Crippen LogP contribution is 2.33. The predicted molar refractivity (Wildman–Crippen MR) is 61.8 cm³/mol. The van der Waals surface area contributed by atoms with E-state index in [9.17, 15) is 4.79 Å². The van der Waals surface area contributed by atoms with Crippen molar-refractivity contribution in [1.82, 2.24) is 0 Å². The SMILES string of the molecule is CCCCCCCCCC1=CC1C(=O)O. The van der Waals surface area contributed by atoms with Crippen molar-refractivity contribution in [3.8, 4) is 0 Å². The number of unbranched alkanes of at least 4 members (excludes halogenated alkanes) is 6. The van der Waals surface area contributed by atoms with E-state index in [1.54, 1.807) is 0 Å². The monoisotopic (exact) mass is 210 g/mol. The fourth-order valence-corrected chi connectivity index (χ4v) is 1.92. The highest BCUT2D eigenvalue weighted by atomic mass is 16.4. The summed E-state index contributed by atoms with van der Waals surface area (Å²) in [6, 6.07) is 0. The molecule has 1 atom stereocenters. The van der Waals surface area contributed by atoms with E-state index in [4.69, 9.17) is 5.11 Å². The normalized spacial score (nSPS) is 18.7. The molecule has 1 N–H and O–H groups in total. The van der Waals surface area contributed by atoms with Crippen molar-refractivity contribution in [2.45, 2.75) is 58.3 Å². The second-order valence-electron chi connectivity index (χ2n) is 4.43. The van der Waals surface area contributed by atoms with Gasteiger partial charge in [0.2, 0.25) is 0 Å². The zero-order valence-electron chi connectivity index (χ0n) is 9.67. The van der Waals surface area contributed by atoms with Crippen molar-refractivity contribution in [2.75, 3.05) is 0 Å². The Kier molecular flexibility index (Phi) is 5.44. The Bertz CT molecular complexity index is 231. The Balaban J connectivity index is 1.83. The average molecular weight is 210 g/mol. The fraction of sp³-hybridized carbons (Fsp3) is 0.769. The van der Waals surface area contributed by atoms with Gasteiger partial charge in [-0.3, -0.25) is 4.79 Å². The molecular weight excluding hydrogens is 188 g/mol. The summed E-state index contributed by atoms with van der Waals surface area (Å²) in [5.74, 6) is -0.877. The van der Waals surface area contributed by atoms with Gasteiger partial charge >= 0.3 is 5.97 Å². The van der Waals surface area contributed by atoms with E-state index < -0.39 is 5.97 Å². The Labute approximate surface area is 92.4 Å². The number of carboxylic acid groups (broad SMARTS) is 1. The molecule has 15 heavy (non-hydrogen) atoms. The number of carboxylic acids is 1. The largest absolute Gasteiger partial charge is 0.481 e. The molecule has 0 aromatic heterocycles. The lowest BCUT2D eigenvalue weighted by Gasteiger charge is -1.99. The van der Waals surface area contributed by atoms with E-state index in [0.717, 1.165) is 12.0 Å². The van der Waals surface area contributed by atoms with E-state index in [1.807, 2.05) is 6.08 Å². The minimum Gasteiger partial charge on any atom is -0.481 e. The fourth-order valence-electron chi connectivity index (χ4n) is 1.92. The Morgan fingerprint density at radius 3 is 2.33 bits per heavy atom. The number of carbonyl (C=O) groups is 1. The van der Waals surface area contributed by atoms with Crippen molar-refractivity contribution >= 4 is 5.97 Å². The first-order valence-corrected chi connectivity index (χ1v) is 6.19. The van der Waals surface area contributed by atoms with Crippen LogP contribution in [0.4, 0.5) is 0 Å². The van der Waals surface area contributed by atoms with Crippen LogP contribution in [0.25, 0.3) is 0 Å². The first-order valence-electron chi connectivity index (χ1n) is 6.19. The van der Waals surface area contributed by atoms with Crippen LogP contribution in [0.5, 0.6) is 0 Å². The smallest absolute Gasteiger partial charge is 0.314 e. The lowest BCUT2D eigenvalue weighted by atomic mass is 10.1. The van der Waals surface area contributed by atoms with E-state index >= 15 is 0 Å². The van der Waals surface area contributed by atoms with Crippen molar-refractivity contribution in [2.24, 2.45) is 5.92 Å². The molecule has 0 saturated heterocycles. The second kappa shape index (κ2) is 6.65. The van der Waals surface area contributed by atoms with E-state index in [-0.39, 0.29) is 5.92 Å². The molecule has 1 unspecified atom stereocenters. The maximum Gasteiger partial charge on any atom is 0.314 e. The average Bonchev–Trinajstić information content (AvgIpc) is 2.96. The maximum absolute atomic E-state index is 10.5. The first-order chi connectivity index (χ1) is 7.25. The highest BCUT2D eigenvalue weighted by Gasteiger charge is 2.30. The summed E-state index contributed by atoms with van der Waals surface area (Å²) in [4.78, 5) is 10.5. The molecule has 0 fully saturated rings. The van der Waals surface area contributed by atoms with Crippen LogP contribution in [0.3, 0.4) is 0 Å². The van der Waals surface area contributed by atoms with Gasteiger partial charge in [-0.1, -0.05) is 57.1 Å². The third-order valence-electron chi connectivity index (χ3n) is 3.01. The molecule has 0 heterocycles. The lowest BCUT2D eigenvalue weighted by molar-refractivity contribution is -0.137. The molecule has 86 valence electrons. The molecule has 0 spiro atoms. The summed E-state index contributed by atoms with van der Waals surface area (Å²) in [6.45, 7) is 2.23. The van der Waals surface area contributed by atoms with Gasteiger partial charge in [-0.15, -0.1) is 0 Å². The third kappa shape index (κ3) is 5.01. The van der Waals surface area contributed by atoms with Gasteiger partial charge < -0.3 is 5.11 Å². The van der Waals surface area contributed by atoms with Crippen molar-refractivity contribution in [1.29, 1.82) is 0 Å². The van der Waals surface area contributed by atoms with Gasteiger partial charge in [-0.25, -0.2) is 0 Å². The molecule has 0 radical (unpaired) electrons. The lowest BCUT2D eigenvalue weighted by Crippen LogP contribution is -1.99. The van der Waals surface area contributed by atoms with Crippen LogP contribution in [-0.2, 0) is 4.79 Å². The van der Waals surface area contributed by atoms with Crippen LogP contribution in [0, 0.1) is 5.92 Å². The van der Waals surface area contributed by atoms with Gasteiger partial charge in [0, 0.05) is 0 Å².